The molecule has 0 unspecified atom stereocenters. The smallest absolute Gasteiger partial charge is 0.131 e. The van der Waals surface area contributed by atoms with Gasteiger partial charge in [-0.1, -0.05) is 76.6 Å². The highest BCUT2D eigenvalue weighted by Crippen LogP contribution is 2.42. The minimum atomic E-state index is 0.794. The highest BCUT2D eigenvalue weighted by atomic mass is 79.9. The average Bonchev–Trinajstić information content (AvgIpc) is 2.94. The van der Waals surface area contributed by atoms with Crippen LogP contribution in [0.15, 0.2) is 132 Å². The number of para-hydroxylation sites is 3. The Bertz CT molecular complexity index is 1460. The second-order valence-electron chi connectivity index (χ2n) is 9.13. The van der Waals surface area contributed by atoms with E-state index in [1.165, 1.54) is 11.3 Å². The molecule has 6 rings (SSSR count). The Hall–Kier alpha value is -4.02. The fourth-order valence-corrected chi connectivity index (χ4v) is 5.36. The standard InChI is InChI=1S/C33H27BrN2O/c34-26-13-9-18-31(21-26)37-32-23-29(35-20-10-12-25-11-7-8-19-33(25)35)22-30(24-32)36(27-14-3-1-4-15-27)28-16-5-2-6-17-28/h1-9,11,13-19,21-24H,10,12,20H2. The Morgan fingerprint density at radius 1 is 0.622 bits per heavy atom. The van der Waals surface area contributed by atoms with Crippen LogP contribution in [0.1, 0.15) is 12.0 Å². The third-order valence-electron chi connectivity index (χ3n) is 6.62. The number of rotatable bonds is 6. The predicted octanol–water partition coefficient (Wildman–Crippen LogP) is 9.80. The molecule has 5 aromatic rings. The van der Waals surface area contributed by atoms with E-state index >= 15 is 0 Å². The summed E-state index contributed by atoms with van der Waals surface area (Å²) >= 11 is 3.57. The summed E-state index contributed by atoms with van der Waals surface area (Å²) < 4.78 is 7.45. The summed E-state index contributed by atoms with van der Waals surface area (Å²) in [5.74, 6) is 1.59. The quantitative estimate of drug-likeness (QED) is 0.210. The minimum Gasteiger partial charge on any atom is -0.457 e. The lowest BCUT2D eigenvalue weighted by Crippen LogP contribution is -2.24. The van der Waals surface area contributed by atoms with Crippen molar-refractivity contribution < 1.29 is 4.74 Å². The molecule has 3 nitrogen and oxygen atoms in total. The molecule has 0 spiro atoms. The summed E-state index contributed by atoms with van der Waals surface area (Å²) in [7, 11) is 0. The van der Waals surface area contributed by atoms with Gasteiger partial charge in [0.2, 0.25) is 0 Å². The molecule has 4 heteroatoms. The summed E-state index contributed by atoms with van der Waals surface area (Å²) in [6.45, 7) is 0.966. The molecule has 1 aliphatic heterocycles. The molecule has 0 radical (unpaired) electrons. The minimum absolute atomic E-state index is 0.794. The third kappa shape index (κ3) is 5.11. The number of hydrogen-bond acceptors (Lipinski definition) is 3. The van der Waals surface area contributed by atoms with Gasteiger partial charge < -0.3 is 14.5 Å². The Kier molecular flexibility index (Phi) is 6.66. The molecule has 0 saturated carbocycles. The summed E-state index contributed by atoms with van der Waals surface area (Å²) in [6, 6.07) is 44.2. The van der Waals surface area contributed by atoms with Crippen LogP contribution in [0.3, 0.4) is 0 Å². The molecule has 1 aliphatic rings. The zero-order chi connectivity index (χ0) is 25.0. The van der Waals surface area contributed by atoms with Crippen molar-refractivity contribution in [2.45, 2.75) is 12.8 Å². The van der Waals surface area contributed by atoms with Gasteiger partial charge >= 0.3 is 0 Å². The Labute approximate surface area is 226 Å². The van der Waals surface area contributed by atoms with E-state index in [0.29, 0.717) is 0 Å². The number of hydrogen-bond donors (Lipinski definition) is 0. The van der Waals surface area contributed by atoms with Gasteiger partial charge in [-0.2, -0.15) is 0 Å². The molecule has 0 bridgehead atoms. The molecule has 5 aromatic carbocycles. The van der Waals surface area contributed by atoms with Gasteiger partial charge in [-0.15, -0.1) is 0 Å². The van der Waals surface area contributed by atoms with Crippen molar-refractivity contribution in [3.63, 3.8) is 0 Å². The molecule has 37 heavy (non-hydrogen) atoms. The first-order valence-corrected chi connectivity index (χ1v) is 13.4. The van der Waals surface area contributed by atoms with E-state index in [4.69, 9.17) is 4.74 Å². The van der Waals surface area contributed by atoms with Crippen molar-refractivity contribution in [3.8, 4) is 11.5 Å². The number of ether oxygens (including phenoxy) is 1. The first-order valence-electron chi connectivity index (χ1n) is 12.6. The molecule has 0 aliphatic carbocycles. The first kappa shape index (κ1) is 23.4. The Balaban J connectivity index is 1.52. The fraction of sp³-hybridized carbons (Fsp3) is 0.0909. The van der Waals surface area contributed by atoms with Crippen LogP contribution in [0.4, 0.5) is 28.4 Å². The molecule has 1 heterocycles. The lowest BCUT2D eigenvalue weighted by molar-refractivity contribution is 0.482. The molecule has 0 saturated heterocycles. The summed E-state index contributed by atoms with van der Waals surface area (Å²) in [5.41, 5.74) is 7.01. The number of halogens is 1. The lowest BCUT2D eigenvalue weighted by atomic mass is 10.0. The summed E-state index contributed by atoms with van der Waals surface area (Å²) in [4.78, 5) is 4.71. The van der Waals surface area contributed by atoms with Crippen LogP contribution in [-0.2, 0) is 6.42 Å². The maximum absolute atomic E-state index is 6.46. The van der Waals surface area contributed by atoms with Gasteiger partial charge in [-0.25, -0.2) is 0 Å². The molecule has 0 amide bonds. The molecule has 0 N–H and O–H groups in total. The Morgan fingerprint density at radius 2 is 1.32 bits per heavy atom. The van der Waals surface area contributed by atoms with Gasteiger partial charge in [0.15, 0.2) is 0 Å². The zero-order valence-corrected chi connectivity index (χ0v) is 22.0. The van der Waals surface area contributed by atoms with Gasteiger partial charge in [-0.05, 0) is 73.0 Å². The predicted molar refractivity (Wildman–Crippen MR) is 157 cm³/mol. The number of anilines is 5. The van der Waals surface area contributed by atoms with Crippen molar-refractivity contribution in [2.24, 2.45) is 0 Å². The summed E-state index contributed by atoms with van der Waals surface area (Å²) in [5, 5.41) is 0. The van der Waals surface area contributed by atoms with Crippen LogP contribution >= 0.6 is 15.9 Å². The molecule has 0 atom stereocenters. The van der Waals surface area contributed by atoms with E-state index in [0.717, 1.165) is 58.1 Å². The van der Waals surface area contributed by atoms with E-state index in [1.807, 2.05) is 24.3 Å². The number of fused-ring (bicyclic) bond motifs is 1. The van der Waals surface area contributed by atoms with Crippen LogP contribution < -0.4 is 14.5 Å². The number of benzene rings is 5. The van der Waals surface area contributed by atoms with Crippen molar-refractivity contribution in [1.29, 1.82) is 0 Å². The zero-order valence-electron chi connectivity index (χ0n) is 20.4. The van der Waals surface area contributed by atoms with Gasteiger partial charge in [0.05, 0.1) is 5.69 Å². The van der Waals surface area contributed by atoms with Crippen LogP contribution in [-0.4, -0.2) is 6.54 Å². The monoisotopic (exact) mass is 546 g/mol. The van der Waals surface area contributed by atoms with Gasteiger partial charge in [-0.3, -0.25) is 0 Å². The SMILES string of the molecule is Brc1cccc(Oc2cc(N3CCCc4ccccc43)cc(N(c3ccccc3)c3ccccc3)c2)c1. The van der Waals surface area contributed by atoms with E-state index < -0.39 is 0 Å². The van der Waals surface area contributed by atoms with Crippen molar-refractivity contribution in [2.75, 3.05) is 16.3 Å². The molecular weight excluding hydrogens is 520 g/mol. The van der Waals surface area contributed by atoms with Crippen molar-refractivity contribution >= 4 is 44.4 Å². The highest BCUT2D eigenvalue weighted by molar-refractivity contribution is 9.10. The van der Waals surface area contributed by atoms with E-state index in [9.17, 15) is 0 Å². The topological polar surface area (TPSA) is 15.7 Å². The maximum Gasteiger partial charge on any atom is 0.131 e. The number of nitrogens with zero attached hydrogens (tertiary/aromatic N) is 2. The Morgan fingerprint density at radius 3 is 2.05 bits per heavy atom. The molecule has 0 fully saturated rings. The van der Waals surface area contributed by atoms with Gasteiger partial charge in [0.1, 0.15) is 11.5 Å². The highest BCUT2D eigenvalue weighted by Gasteiger charge is 2.21. The second kappa shape index (κ2) is 10.5. The molecule has 182 valence electrons. The lowest BCUT2D eigenvalue weighted by Gasteiger charge is -2.33. The third-order valence-corrected chi connectivity index (χ3v) is 7.11. The normalized spacial score (nSPS) is 12.6. The summed E-state index contributed by atoms with van der Waals surface area (Å²) in [6.07, 6.45) is 2.22. The van der Waals surface area contributed by atoms with Crippen LogP contribution in [0.25, 0.3) is 0 Å². The van der Waals surface area contributed by atoms with E-state index in [1.54, 1.807) is 0 Å². The van der Waals surface area contributed by atoms with Crippen molar-refractivity contribution in [3.05, 3.63) is 137 Å². The number of aryl methyl sites for hydroxylation is 1. The first-order chi connectivity index (χ1) is 18.2. The van der Waals surface area contributed by atoms with E-state index in [-0.39, 0.29) is 0 Å². The van der Waals surface area contributed by atoms with Gasteiger partial charge in [0.25, 0.3) is 0 Å². The molecule has 0 aromatic heterocycles. The van der Waals surface area contributed by atoms with E-state index in [2.05, 4.69) is 129 Å². The van der Waals surface area contributed by atoms with Crippen molar-refractivity contribution in [1.82, 2.24) is 0 Å². The average molecular weight is 547 g/mol. The van der Waals surface area contributed by atoms with Crippen LogP contribution in [0.5, 0.6) is 11.5 Å². The second-order valence-corrected chi connectivity index (χ2v) is 10.1. The van der Waals surface area contributed by atoms with Crippen LogP contribution in [0, 0.1) is 0 Å². The maximum atomic E-state index is 6.46. The van der Waals surface area contributed by atoms with Crippen LogP contribution in [0.2, 0.25) is 0 Å². The largest absolute Gasteiger partial charge is 0.457 e. The fourth-order valence-electron chi connectivity index (χ4n) is 4.98. The van der Waals surface area contributed by atoms with Gasteiger partial charge in [0, 0.05) is 45.9 Å². The molecular formula is C33H27BrN2O.